The van der Waals surface area contributed by atoms with Gasteiger partial charge in [0.05, 0.1) is 32.6 Å². The Morgan fingerprint density at radius 2 is 1.72 bits per heavy atom. The van der Waals surface area contributed by atoms with Gasteiger partial charge in [0.25, 0.3) is 0 Å². The molecular weight excluding hydrogens is 410 g/mol. The fraction of sp³-hybridized carbons (Fsp3) is 0.680. The number of methoxy groups -OCH3 is 2. The molecule has 3 atom stereocenters. The van der Waals surface area contributed by atoms with Gasteiger partial charge in [-0.2, -0.15) is 4.90 Å². The summed E-state index contributed by atoms with van der Waals surface area (Å²) in [6.45, 7) is 9.11. The molecule has 7 heteroatoms. The number of rotatable bonds is 6. The second-order valence-electron chi connectivity index (χ2n) is 9.36. The van der Waals surface area contributed by atoms with Crippen LogP contribution in [0.2, 0.25) is 0 Å². The summed E-state index contributed by atoms with van der Waals surface area (Å²) in [5.41, 5.74) is 2.59. The predicted octanol–water partition coefficient (Wildman–Crippen LogP) is 5.47. The Balaban J connectivity index is 2.18. The van der Waals surface area contributed by atoms with Crippen molar-refractivity contribution < 1.29 is 28.5 Å². The first-order valence-corrected chi connectivity index (χ1v) is 11.6. The molecule has 0 aliphatic heterocycles. The van der Waals surface area contributed by atoms with E-state index in [0.717, 1.165) is 54.7 Å². The molecular formula is C25H37NO6. The molecule has 178 valence electrons. The van der Waals surface area contributed by atoms with E-state index in [9.17, 15) is 9.59 Å². The van der Waals surface area contributed by atoms with Crippen LogP contribution in [0, 0.1) is 11.3 Å². The first kappa shape index (κ1) is 24.4. The number of hydrogen-bond acceptors (Lipinski definition) is 6. The molecule has 0 N–H and O–H groups in total. The van der Waals surface area contributed by atoms with Crippen LogP contribution in [0.5, 0.6) is 5.75 Å². The highest BCUT2D eigenvalue weighted by Gasteiger charge is 2.52. The number of fused-ring (bicyclic) bond motifs is 3. The standard InChI is InChI=1S/C25H37NO6/c1-7-31-22(27)26(23(28)32-8-2)20-15-17(30-6)14-19-18(20)10-11-21-24(3,16-29-5)12-9-13-25(19,21)4/h14-15,21H,7-13,16H2,1-6H3/t21?,24-,25-/m1/s1. The third-order valence-corrected chi connectivity index (χ3v) is 7.40. The first-order chi connectivity index (χ1) is 15.3. The molecule has 0 saturated heterocycles. The van der Waals surface area contributed by atoms with E-state index in [4.69, 9.17) is 18.9 Å². The fourth-order valence-electron chi connectivity index (χ4n) is 6.13. The van der Waals surface area contributed by atoms with Crippen LogP contribution < -0.4 is 9.64 Å². The van der Waals surface area contributed by atoms with Gasteiger partial charge in [0, 0.05) is 13.2 Å². The Labute approximate surface area is 191 Å². The Hall–Kier alpha value is -2.28. The molecule has 2 aliphatic carbocycles. The van der Waals surface area contributed by atoms with Crippen LogP contribution in [0.15, 0.2) is 12.1 Å². The summed E-state index contributed by atoms with van der Waals surface area (Å²) in [7, 11) is 3.37. The van der Waals surface area contributed by atoms with Gasteiger partial charge in [-0.15, -0.1) is 0 Å². The smallest absolute Gasteiger partial charge is 0.424 e. The third-order valence-electron chi connectivity index (χ3n) is 7.40. The molecule has 1 fully saturated rings. The van der Waals surface area contributed by atoms with Gasteiger partial charge < -0.3 is 18.9 Å². The van der Waals surface area contributed by atoms with Crippen molar-refractivity contribution in [2.45, 2.75) is 65.2 Å². The molecule has 0 bridgehead atoms. The summed E-state index contributed by atoms with van der Waals surface area (Å²) < 4.78 is 21.7. The van der Waals surface area contributed by atoms with Gasteiger partial charge in [-0.1, -0.05) is 20.3 Å². The largest absolute Gasteiger partial charge is 0.497 e. The van der Waals surface area contributed by atoms with Crippen molar-refractivity contribution >= 4 is 17.9 Å². The average Bonchev–Trinajstić information content (AvgIpc) is 2.74. The lowest BCUT2D eigenvalue weighted by molar-refractivity contribution is -0.0324. The van der Waals surface area contributed by atoms with Crippen molar-refractivity contribution in [2.24, 2.45) is 11.3 Å². The van der Waals surface area contributed by atoms with Crippen molar-refractivity contribution in [1.29, 1.82) is 0 Å². The number of hydrogen-bond donors (Lipinski definition) is 0. The molecule has 0 heterocycles. The van der Waals surface area contributed by atoms with Gasteiger partial charge in [0.2, 0.25) is 0 Å². The van der Waals surface area contributed by atoms with Crippen LogP contribution in [0.1, 0.15) is 64.5 Å². The number of carbonyl (C=O) groups excluding carboxylic acids is 2. The third kappa shape index (κ3) is 4.19. The SMILES string of the molecule is CCOC(=O)N(C(=O)OCC)c1cc(OC)cc2c1CCC1[C@@](C)(COC)CCC[C@]21C. The highest BCUT2D eigenvalue weighted by atomic mass is 16.6. The molecule has 2 amide bonds. The zero-order chi connectivity index (χ0) is 23.5. The van der Waals surface area contributed by atoms with Crippen LogP contribution in [0.3, 0.4) is 0 Å². The summed E-state index contributed by atoms with van der Waals surface area (Å²) >= 11 is 0. The maximum absolute atomic E-state index is 12.8. The van der Waals surface area contributed by atoms with Crippen molar-refractivity contribution in [2.75, 3.05) is 38.9 Å². The van der Waals surface area contributed by atoms with Gasteiger partial charge in [-0.3, -0.25) is 0 Å². The summed E-state index contributed by atoms with van der Waals surface area (Å²) in [5, 5.41) is 0. The molecule has 1 aromatic rings. The summed E-state index contributed by atoms with van der Waals surface area (Å²) in [6.07, 6.45) is 3.51. The monoisotopic (exact) mass is 447 g/mol. The lowest BCUT2D eigenvalue weighted by Gasteiger charge is -2.55. The summed E-state index contributed by atoms with van der Waals surface area (Å²) in [4.78, 5) is 26.7. The maximum atomic E-state index is 12.8. The van der Waals surface area contributed by atoms with Crippen molar-refractivity contribution in [3.8, 4) is 5.75 Å². The zero-order valence-electron chi connectivity index (χ0n) is 20.3. The molecule has 32 heavy (non-hydrogen) atoms. The van der Waals surface area contributed by atoms with Crippen LogP contribution in [-0.2, 0) is 26.0 Å². The Bertz CT molecular complexity index is 833. The van der Waals surface area contributed by atoms with E-state index >= 15 is 0 Å². The van der Waals surface area contributed by atoms with Crippen molar-refractivity contribution in [3.63, 3.8) is 0 Å². The number of ether oxygens (including phenoxy) is 4. The predicted molar refractivity (Wildman–Crippen MR) is 123 cm³/mol. The van der Waals surface area contributed by atoms with Crippen LogP contribution in [0.4, 0.5) is 15.3 Å². The number of benzene rings is 1. The zero-order valence-corrected chi connectivity index (χ0v) is 20.3. The van der Waals surface area contributed by atoms with Crippen molar-refractivity contribution in [3.05, 3.63) is 23.3 Å². The second-order valence-corrected chi connectivity index (χ2v) is 9.36. The van der Waals surface area contributed by atoms with Crippen LogP contribution in [0.25, 0.3) is 0 Å². The van der Waals surface area contributed by atoms with Gasteiger partial charge >= 0.3 is 12.2 Å². The highest BCUT2D eigenvalue weighted by Crippen LogP contribution is 2.58. The maximum Gasteiger partial charge on any atom is 0.424 e. The quantitative estimate of drug-likeness (QED) is 0.576. The Morgan fingerprint density at radius 1 is 1.06 bits per heavy atom. The molecule has 1 unspecified atom stereocenters. The number of carbonyl (C=O) groups is 2. The molecule has 0 radical (unpaired) electrons. The van der Waals surface area contributed by atoms with Crippen molar-refractivity contribution in [1.82, 2.24) is 0 Å². The Morgan fingerprint density at radius 3 is 2.28 bits per heavy atom. The van der Waals surface area contributed by atoms with Crippen LogP contribution in [-0.4, -0.2) is 46.2 Å². The molecule has 7 nitrogen and oxygen atoms in total. The fourth-order valence-corrected chi connectivity index (χ4v) is 6.13. The Kier molecular flexibility index (Phi) is 7.38. The minimum Gasteiger partial charge on any atom is -0.497 e. The topological polar surface area (TPSA) is 74.3 Å². The number of imide groups is 1. The lowest BCUT2D eigenvalue weighted by Crippen LogP contribution is -2.51. The van der Waals surface area contributed by atoms with Crippen LogP contribution >= 0.6 is 0 Å². The van der Waals surface area contributed by atoms with Gasteiger partial charge in [0.15, 0.2) is 0 Å². The summed E-state index contributed by atoms with van der Waals surface area (Å²) in [5.74, 6) is 1.04. The first-order valence-electron chi connectivity index (χ1n) is 11.6. The summed E-state index contributed by atoms with van der Waals surface area (Å²) in [6, 6.07) is 3.82. The molecule has 1 aromatic carbocycles. The number of nitrogens with zero attached hydrogens (tertiary/aromatic N) is 1. The van der Waals surface area contributed by atoms with Gasteiger partial charge in [-0.25, -0.2) is 9.59 Å². The minimum absolute atomic E-state index is 0.0741. The normalized spacial score (nSPS) is 26.5. The number of amides is 2. The van der Waals surface area contributed by atoms with E-state index in [0.29, 0.717) is 17.4 Å². The van der Waals surface area contributed by atoms with E-state index in [-0.39, 0.29) is 24.0 Å². The molecule has 2 aliphatic rings. The van der Waals surface area contributed by atoms with E-state index in [1.54, 1.807) is 34.1 Å². The van der Waals surface area contributed by atoms with E-state index in [2.05, 4.69) is 19.9 Å². The minimum atomic E-state index is -0.735. The lowest BCUT2D eigenvalue weighted by atomic mass is 9.50. The second kappa shape index (κ2) is 9.69. The van der Waals surface area contributed by atoms with E-state index in [1.165, 1.54) is 0 Å². The average molecular weight is 448 g/mol. The molecule has 3 rings (SSSR count). The van der Waals surface area contributed by atoms with Gasteiger partial charge in [-0.05, 0) is 73.5 Å². The van der Waals surface area contributed by atoms with E-state index in [1.807, 2.05) is 0 Å². The highest BCUT2D eigenvalue weighted by molar-refractivity contribution is 6.10. The van der Waals surface area contributed by atoms with Gasteiger partial charge in [0.1, 0.15) is 5.75 Å². The molecule has 0 spiro atoms. The molecule has 1 saturated carbocycles. The molecule has 0 aromatic heterocycles. The van der Waals surface area contributed by atoms with E-state index < -0.39 is 12.2 Å². The number of anilines is 1.